The van der Waals surface area contributed by atoms with Gasteiger partial charge in [-0.25, -0.2) is 3.11 Å². The van der Waals surface area contributed by atoms with E-state index in [9.17, 15) is 4.79 Å². The number of rotatable bonds is 1. The monoisotopic (exact) mass is 268 g/mol. The lowest BCUT2D eigenvalue weighted by molar-refractivity contribution is -0.120. The zero-order chi connectivity index (χ0) is 8.48. The highest BCUT2D eigenvalue weighted by Gasteiger charge is 2.33. The van der Waals surface area contributed by atoms with Gasteiger partial charge < -0.3 is 5.32 Å². The maximum absolute atomic E-state index is 10.8. The molecule has 64 valence electrons. The summed E-state index contributed by atoms with van der Waals surface area (Å²) in [4.78, 5) is 10.8. The molecule has 1 atom stereocenters. The first-order chi connectivity index (χ1) is 5.02. The lowest BCUT2D eigenvalue weighted by atomic mass is 10.0. The van der Waals surface area contributed by atoms with Gasteiger partial charge in [-0.1, -0.05) is 0 Å². The Hall–Kier alpha value is 0.160. The number of hydrogen-bond donors (Lipinski definition) is 1. The average Bonchev–Trinajstić information content (AvgIpc) is 2.08. The van der Waals surface area contributed by atoms with Crippen molar-refractivity contribution in [3.8, 4) is 0 Å². The van der Waals surface area contributed by atoms with Crippen molar-refractivity contribution in [2.24, 2.45) is 0 Å². The van der Waals surface area contributed by atoms with Gasteiger partial charge in [-0.15, -0.1) is 0 Å². The van der Waals surface area contributed by atoms with Crippen molar-refractivity contribution < 1.29 is 4.79 Å². The van der Waals surface area contributed by atoms with Crippen molar-refractivity contribution in [1.29, 1.82) is 0 Å². The molecule has 0 aromatic rings. The van der Waals surface area contributed by atoms with Gasteiger partial charge >= 0.3 is 0 Å². The Bertz CT molecular complexity index is 174. The SMILES string of the molecule is CC(=O)NC1(C)CCN(I)C1. The fourth-order valence-electron chi connectivity index (χ4n) is 1.43. The molecule has 0 aromatic heterocycles. The molecule has 11 heavy (non-hydrogen) atoms. The number of carbonyl (C=O) groups excluding carboxylic acids is 1. The Balaban J connectivity index is 2.48. The van der Waals surface area contributed by atoms with E-state index in [1.807, 2.05) is 0 Å². The minimum absolute atomic E-state index is 0.00697. The molecule has 0 bridgehead atoms. The van der Waals surface area contributed by atoms with Gasteiger partial charge in [-0.3, -0.25) is 4.79 Å². The number of nitrogens with zero attached hydrogens (tertiary/aromatic N) is 1. The predicted molar refractivity (Wildman–Crippen MR) is 52.4 cm³/mol. The molecule has 0 radical (unpaired) electrons. The van der Waals surface area contributed by atoms with Gasteiger partial charge in [0.2, 0.25) is 5.91 Å². The summed E-state index contributed by atoms with van der Waals surface area (Å²) in [6.07, 6.45) is 1.05. The first-order valence-electron chi connectivity index (χ1n) is 3.71. The first kappa shape index (κ1) is 9.25. The minimum Gasteiger partial charge on any atom is -0.350 e. The molecule has 0 spiro atoms. The van der Waals surface area contributed by atoms with Gasteiger partial charge in [-0.05, 0) is 13.3 Å². The van der Waals surface area contributed by atoms with E-state index in [1.165, 1.54) is 0 Å². The first-order valence-corrected chi connectivity index (χ1v) is 4.68. The summed E-state index contributed by atoms with van der Waals surface area (Å²) in [7, 11) is 0. The molecular formula is C7H13IN2O. The Morgan fingerprint density at radius 3 is 2.73 bits per heavy atom. The van der Waals surface area contributed by atoms with Crippen molar-refractivity contribution in [3.05, 3.63) is 0 Å². The largest absolute Gasteiger partial charge is 0.350 e. The van der Waals surface area contributed by atoms with E-state index >= 15 is 0 Å². The van der Waals surface area contributed by atoms with Crippen LogP contribution in [0.15, 0.2) is 0 Å². The maximum Gasteiger partial charge on any atom is 0.217 e. The average molecular weight is 268 g/mol. The normalized spacial score (nSPS) is 32.3. The molecule has 0 aromatic carbocycles. The third-order valence-corrected chi connectivity index (χ3v) is 2.73. The Labute approximate surface area is 81.0 Å². The predicted octanol–water partition coefficient (Wildman–Crippen LogP) is 0.937. The minimum atomic E-state index is 0.00697. The van der Waals surface area contributed by atoms with E-state index in [2.05, 4.69) is 38.2 Å². The number of halogens is 1. The van der Waals surface area contributed by atoms with Crippen LogP contribution < -0.4 is 5.32 Å². The van der Waals surface area contributed by atoms with Crippen LogP contribution in [0.4, 0.5) is 0 Å². The summed E-state index contributed by atoms with van der Waals surface area (Å²) in [6, 6.07) is 0. The van der Waals surface area contributed by atoms with Gasteiger partial charge in [0.25, 0.3) is 0 Å². The van der Waals surface area contributed by atoms with E-state index in [-0.39, 0.29) is 11.4 Å². The molecule has 1 heterocycles. The molecular weight excluding hydrogens is 255 g/mol. The Kier molecular flexibility index (Phi) is 2.74. The summed E-state index contributed by atoms with van der Waals surface area (Å²) >= 11 is 2.29. The number of nitrogens with one attached hydrogen (secondary N) is 1. The van der Waals surface area contributed by atoms with Gasteiger partial charge in [0.05, 0.1) is 5.54 Å². The zero-order valence-corrected chi connectivity index (χ0v) is 9.01. The molecule has 1 saturated heterocycles. The lowest BCUT2D eigenvalue weighted by Crippen LogP contribution is -2.46. The van der Waals surface area contributed by atoms with E-state index in [1.54, 1.807) is 6.92 Å². The van der Waals surface area contributed by atoms with Gasteiger partial charge in [0.1, 0.15) is 0 Å². The van der Waals surface area contributed by atoms with Crippen LogP contribution in [0.3, 0.4) is 0 Å². The van der Waals surface area contributed by atoms with Crippen molar-refractivity contribution in [2.45, 2.75) is 25.8 Å². The summed E-state index contributed by atoms with van der Waals surface area (Å²) in [5, 5.41) is 2.96. The number of amides is 1. The van der Waals surface area contributed by atoms with Crippen LogP contribution in [0.2, 0.25) is 0 Å². The number of carbonyl (C=O) groups is 1. The van der Waals surface area contributed by atoms with Crippen LogP contribution >= 0.6 is 22.9 Å². The standard InChI is InChI=1S/C7H13IN2O/c1-6(11)9-7(2)3-4-10(8)5-7/h3-5H2,1-2H3,(H,9,11). The third-order valence-electron chi connectivity index (χ3n) is 1.90. The summed E-state index contributed by atoms with van der Waals surface area (Å²) in [5.41, 5.74) is 0.00697. The summed E-state index contributed by atoms with van der Waals surface area (Å²) in [6.45, 7) is 5.68. The van der Waals surface area contributed by atoms with Crippen LogP contribution in [-0.2, 0) is 4.79 Å². The van der Waals surface area contributed by atoms with Crippen molar-refractivity contribution in [3.63, 3.8) is 0 Å². The summed E-state index contributed by atoms with van der Waals surface area (Å²) in [5.74, 6) is 0.0687. The van der Waals surface area contributed by atoms with Crippen LogP contribution in [0.5, 0.6) is 0 Å². The second-order valence-corrected chi connectivity index (χ2v) is 4.70. The quantitative estimate of drug-likeness (QED) is 0.567. The third kappa shape index (κ3) is 2.59. The Morgan fingerprint density at radius 1 is 1.73 bits per heavy atom. The Morgan fingerprint density at radius 2 is 2.36 bits per heavy atom. The van der Waals surface area contributed by atoms with Crippen molar-refractivity contribution in [2.75, 3.05) is 13.1 Å². The molecule has 0 aliphatic carbocycles. The highest BCUT2D eigenvalue weighted by atomic mass is 127. The summed E-state index contributed by atoms with van der Waals surface area (Å²) < 4.78 is 2.20. The van der Waals surface area contributed by atoms with Crippen LogP contribution in [0.1, 0.15) is 20.3 Å². The molecule has 1 aliphatic heterocycles. The second kappa shape index (κ2) is 3.26. The zero-order valence-electron chi connectivity index (χ0n) is 6.85. The van der Waals surface area contributed by atoms with Crippen molar-refractivity contribution >= 4 is 28.8 Å². The smallest absolute Gasteiger partial charge is 0.217 e. The molecule has 1 amide bonds. The van der Waals surface area contributed by atoms with Crippen molar-refractivity contribution in [1.82, 2.24) is 8.43 Å². The lowest BCUT2D eigenvalue weighted by Gasteiger charge is -2.23. The molecule has 1 unspecified atom stereocenters. The molecule has 1 N–H and O–H groups in total. The molecule has 1 rings (SSSR count). The molecule has 3 nitrogen and oxygen atoms in total. The van der Waals surface area contributed by atoms with Crippen LogP contribution in [0, 0.1) is 0 Å². The topological polar surface area (TPSA) is 32.3 Å². The van der Waals surface area contributed by atoms with Crippen LogP contribution in [-0.4, -0.2) is 27.6 Å². The molecule has 0 saturated carbocycles. The number of hydrogen-bond acceptors (Lipinski definition) is 2. The highest BCUT2D eigenvalue weighted by molar-refractivity contribution is 14.1. The fraction of sp³-hybridized carbons (Fsp3) is 0.857. The van der Waals surface area contributed by atoms with Gasteiger partial charge in [0.15, 0.2) is 0 Å². The second-order valence-electron chi connectivity index (χ2n) is 3.34. The van der Waals surface area contributed by atoms with Gasteiger partial charge in [-0.2, -0.15) is 0 Å². The molecule has 1 fully saturated rings. The fourth-order valence-corrected chi connectivity index (χ4v) is 2.43. The molecule has 4 heteroatoms. The maximum atomic E-state index is 10.8. The van der Waals surface area contributed by atoms with E-state index in [0.29, 0.717) is 0 Å². The van der Waals surface area contributed by atoms with Crippen LogP contribution in [0.25, 0.3) is 0 Å². The van der Waals surface area contributed by atoms with E-state index in [0.717, 1.165) is 19.5 Å². The van der Waals surface area contributed by atoms with E-state index in [4.69, 9.17) is 0 Å². The highest BCUT2D eigenvalue weighted by Crippen LogP contribution is 2.22. The van der Waals surface area contributed by atoms with E-state index < -0.39 is 0 Å². The van der Waals surface area contributed by atoms with Gasteiger partial charge in [0, 0.05) is 42.9 Å². The molecule has 1 aliphatic rings.